The number of nitrogens with zero attached hydrogens (tertiary/aromatic N) is 2. The lowest BCUT2D eigenvalue weighted by Gasteiger charge is -2.31. The van der Waals surface area contributed by atoms with Crippen molar-refractivity contribution in [3.05, 3.63) is 64.7 Å². The number of amides is 2. The molecular formula is C24H29ClF3N3O4S. The van der Waals surface area contributed by atoms with Crippen LogP contribution in [0, 0.1) is 0 Å². The number of anilines is 1. The van der Waals surface area contributed by atoms with E-state index in [2.05, 4.69) is 5.32 Å². The quantitative estimate of drug-likeness (QED) is 0.459. The SMILES string of the molecule is CCCNC(=O)C(C)N(CCc1ccccc1)C(=O)CN(c1ccc(Cl)c(C(F)(F)F)c1)S(C)(=O)=O. The smallest absolute Gasteiger partial charge is 0.354 e. The Bertz CT molecular complexity index is 1160. The first kappa shape index (κ1) is 29.4. The molecule has 0 aliphatic heterocycles. The summed E-state index contributed by atoms with van der Waals surface area (Å²) in [6.07, 6.45) is -2.98. The van der Waals surface area contributed by atoms with Crippen molar-refractivity contribution in [2.45, 2.75) is 38.9 Å². The van der Waals surface area contributed by atoms with Crippen LogP contribution in [0.4, 0.5) is 18.9 Å². The van der Waals surface area contributed by atoms with Crippen LogP contribution in [0.5, 0.6) is 0 Å². The number of carbonyl (C=O) groups excluding carboxylic acids is 2. The zero-order valence-electron chi connectivity index (χ0n) is 20.2. The second kappa shape index (κ2) is 12.4. The molecule has 2 rings (SSSR count). The molecule has 2 aromatic carbocycles. The van der Waals surface area contributed by atoms with E-state index in [-0.39, 0.29) is 12.2 Å². The van der Waals surface area contributed by atoms with E-state index in [0.717, 1.165) is 24.0 Å². The van der Waals surface area contributed by atoms with Gasteiger partial charge in [-0.1, -0.05) is 48.9 Å². The number of hydrogen-bond donors (Lipinski definition) is 1. The number of nitrogens with one attached hydrogen (secondary N) is 1. The predicted octanol–water partition coefficient (Wildman–Crippen LogP) is 4.11. The van der Waals surface area contributed by atoms with Crippen molar-refractivity contribution < 1.29 is 31.2 Å². The third-order valence-electron chi connectivity index (χ3n) is 5.42. The minimum Gasteiger partial charge on any atom is -0.354 e. The number of halogens is 4. The van der Waals surface area contributed by atoms with Gasteiger partial charge in [0.05, 0.1) is 22.5 Å². The second-order valence-corrected chi connectivity index (χ2v) is 10.5. The largest absolute Gasteiger partial charge is 0.417 e. The summed E-state index contributed by atoms with van der Waals surface area (Å²) >= 11 is 5.67. The molecule has 2 amide bonds. The van der Waals surface area contributed by atoms with Crippen molar-refractivity contribution in [2.24, 2.45) is 0 Å². The second-order valence-electron chi connectivity index (χ2n) is 8.22. The zero-order chi connectivity index (χ0) is 27.1. The zero-order valence-corrected chi connectivity index (χ0v) is 21.8. The Balaban J connectivity index is 2.39. The fourth-order valence-corrected chi connectivity index (χ4v) is 4.53. The van der Waals surface area contributed by atoms with Gasteiger partial charge in [-0.3, -0.25) is 13.9 Å². The van der Waals surface area contributed by atoms with Gasteiger partial charge in [0.15, 0.2) is 0 Å². The van der Waals surface area contributed by atoms with E-state index in [1.54, 1.807) is 0 Å². The molecule has 0 aliphatic carbocycles. The summed E-state index contributed by atoms with van der Waals surface area (Å²) in [6, 6.07) is 10.8. The Hall–Kier alpha value is -2.79. The lowest BCUT2D eigenvalue weighted by atomic mass is 10.1. The van der Waals surface area contributed by atoms with Gasteiger partial charge in [-0.25, -0.2) is 8.42 Å². The minimum absolute atomic E-state index is 0.0928. The van der Waals surface area contributed by atoms with Crippen LogP contribution in [0.3, 0.4) is 0 Å². The monoisotopic (exact) mass is 547 g/mol. The molecule has 0 saturated carbocycles. The van der Waals surface area contributed by atoms with Crippen LogP contribution in [-0.2, 0) is 32.2 Å². The predicted molar refractivity (Wildman–Crippen MR) is 133 cm³/mol. The molecule has 1 atom stereocenters. The summed E-state index contributed by atoms with van der Waals surface area (Å²) in [5.74, 6) is -1.16. The van der Waals surface area contributed by atoms with E-state index < -0.39 is 51.2 Å². The van der Waals surface area contributed by atoms with E-state index in [0.29, 0.717) is 29.8 Å². The highest BCUT2D eigenvalue weighted by atomic mass is 35.5. The molecule has 0 bridgehead atoms. The topological polar surface area (TPSA) is 86.8 Å². The molecule has 0 aliphatic rings. The van der Waals surface area contributed by atoms with Gasteiger partial charge < -0.3 is 10.2 Å². The molecule has 1 unspecified atom stereocenters. The fraction of sp³-hybridized carbons (Fsp3) is 0.417. The first-order valence-corrected chi connectivity index (χ1v) is 13.4. The molecule has 0 heterocycles. The lowest BCUT2D eigenvalue weighted by molar-refractivity contribution is -0.138. The Morgan fingerprint density at radius 1 is 1.11 bits per heavy atom. The molecule has 0 spiro atoms. The molecule has 0 fully saturated rings. The highest BCUT2D eigenvalue weighted by Gasteiger charge is 2.35. The standard InChI is InChI=1S/C24H29ClF3N3O4S/c1-4-13-29-23(33)17(2)30(14-12-18-8-6-5-7-9-18)22(32)16-31(36(3,34)35)19-10-11-21(25)20(15-19)24(26,27)28/h5-11,15,17H,4,12-14,16H2,1-3H3,(H,29,33). The van der Waals surface area contributed by atoms with Crippen LogP contribution in [0.1, 0.15) is 31.4 Å². The van der Waals surface area contributed by atoms with Crippen LogP contribution in [0.15, 0.2) is 48.5 Å². The average Bonchev–Trinajstić information content (AvgIpc) is 2.80. The third kappa shape index (κ3) is 8.12. The van der Waals surface area contributed by atoms with Crippen molar-refractivity contribution in [3.63, 3.8) is 0 Å². The molecule has 1 N–H and O–H groups in total. The molecule has 12 heteroatoms. The summed E-state index contributed by atoms with van der Waals surface area (Å²) in [7, 11) is -4.17. The van der Waals surface area contributed by atoms with Crippen molar-refractivity contribution in [1.82, 2.24) is 10.2 Å². The van der Waals surface area contributed by atoms with Gasteiger partial charge in [0, 0.05) is 13.1 Å². The molecule has 2 aromatic rings. The van der Waals surface area contributed by atoms with E-state index >= 15 is 0 Å². The summed E-state index contributed by atoms with van der Waals surface area (Å²) in [5, 5.41) is 2.11. The summed E-state index contributed by atoms with van der Waals surface area (Å²) in [5.41, 5.74) is -0.700. The van der Waals surface area contributed by atoms with Crippen molar-refractivity contribution in [1.29, 1.82) is 0 Å². The Labute approximate surface area is 214 Å². The van der Waals surface area contributed by atoms with Crippen LogP contribution in [-0.4, -0.2) is 57.1 Å². The van der Waals surface area contributed by atoms with Crippen LogP contribution < -0.4 is 9.62 Å². The summed E-state index contributed by atoms with van der Waals surface area (Å²) in [6.45, 7) is 3.08. The van der Waals surface area contributed by atoms with Gasteiger partial charge in [-0.15, -0.1) is 0 Å². The van der Waals surface area contributed by atoms with E-state index in [4.69, 9.17) is 11.6 Å². The number of alkyl halides is 3. The maximum Gasteiger partial charge on any atom is 0.417 e. The summed E-state index contributed by atoms with van der Waals surface area (Å²) < 4.78 is 65.7. The van der Waals surface area contributed by atoms with E-state index in [1.165, 1.54) is 11.8 Å². The Morgan fingerprint density at radius 3 is 2.31 bits per heavy atom. The molecule has 0 radical (unpaired) electrons. The van der Waals surface area contributed by atoms with Gasteiger partial charge >= 0.3 is 6.18 Å². The molecule has 0 aromatic heterocycles. The lowest BCUT2D eigenvalue weighted by Crippen LogP contribution is -2.52. The fourth-order valence-electron chi connectivity index (χ4n) is 3.47. The molecule has 36 heavy (non-hydrogen) atoms. The first-order chi connectivity index (χ1) is 16.8. The van der Waals surface area contributed by atoms with E-state index in [1.807, 2.05) is 37.3 Å². The van der Waals surface area contributed by atoms with Crippen LogP contribution >= 0.6 is 11.6 Å². The third-order valence-corrected chi connectivity index (χ3v) is 6.89. The number of benzene rings is 2. The molecule has 7 nitrogen and oxygen atoms in total. The van der Waals surface area contributed by atoms with Gasteiger partial charge in [0.1, 0.15) is 12.6 Å². The number of carbonyl (C=O) groups is 2. The minimum atomic E-state index is -4.83. The highest BCUT2D eigenvalue weighted by Crippen LogP contribution is 2.37. The van der Waals surface area contributed by atoms with Crippen molar-refractivity contribution in [3.8, 4) is 0 Å². The van der Waals surface area contributed by atoms with Gasteiger partial charge in [-0.2, -0.15) is 13.2 Å². The maximum absolute atomic E-state index is 13.4. The van der Waals surface area contributed by atoms with Crippen LogP contribution in [0.25, 0.3) is 0 Å². The molecular weight excluding hydrogens is 519 g/mol. The maximum atomic E-state index is 13.4. The average molecular weight is 548 g/mol. The van der Waals surface area contributed by atoms with Crippen LogP contribution in [0.2, 0.25) is 5.02 Å². The van der Waals surface area contributed by atoms with E-state index in [9.17, 15) is 31.2 Å². The Kier molecular flexibility index (Phi) is 10.2. The van der Waals surface area contributed by atoms with Crippen molar-refractivity contribution in [2.75, 3.05) is 30.2 Å². The highest BCUT2D eigenvalue weighted by molar-refractivity contribution is 7.92. The molecule has 0 saturated heterocycles. The van der Waals surface area contributed by atoms with Gasteiger partial charge in [0.25, 0.3) is 0 Å². The normalized spacial score (nSPS) is 12.6. The summed E-state index contributed by atoms with van der Waals surface area (Å²) in [4.78, 5) is 27.2. The van der Waals surface area contributed by atoms with Gasteiger partial charge in [0.2, 0.25) is 21.8 Å². The number of hydrogen-bond acceptors (Lipinski definition) is 4. The Morgan fingerprint density at radius 2 is 1.75 bits per heavy atom. The van der Waals surface area contributed by atoms with Crippen molar-refractivity contribution >= 4 is 39.1 Å². The number of sulfonamides is 1. The van der Waals surface area contributed by atoms with Gasteiger partial charge in [-0.05, 0) is 43.5 Å². The molecule has 198 valence electrons. The first-order valence-electron chi connectivity index (χ1n) is 11.2. The number of rotatable bonds is 11.